The zero-order valence-corrected chi connectivity index (χ0v) is 6.33. The molecule has 62 valence electrons. The first kappa shape index (κ1) is 12.4. The molecule has 0 unspecified atom stereocenters. The van der Waals surface area contributed by atoms with Gasteiger partial charge in [-0.15, -0.1) is 0 Å². The third kappa shape index (κ3) is 46.8. The first-order valence-electron chi connectivity index (χ1n) is 2.12. The number of rotatable bonds is 1. The molecule has 0 rings (SSSR count). The second-order valence-electron chi connectivity index (χ2n) is 1.44. The summed E-state index contributed by atoms with van der Waals surface area (Å²) in [6.45, 7) is 3.06. The lowest BCUT2D eigenvalue weighted by Crippen LogP contribution is -2.14. The average molecular weight is 170 g/mol. The Bertz CT molecular complexity index is 132. The zero-order valence-electron chi connectivity index (χ0n) is 5.44. The van der Waals surface area contributed by atoms with Gasteiger partial charge >= 0.3 is 0 Å². The maximum Gasteiger partial charge on any atom is 0.126 e. The predicted molar refractivity (Wildman–Crippen MR) is 27.7 cm³/mol. The van der Waals surface area contributed by atoms with Crippen molar-refractivity contribution >= 4 is 13.6 Å². The van der Waals surface area contributed by atoms with Gasteiger partial charge in [-0.05, 0) is 13.8 Å². The summed E-state index contributed by atoms with van der Waals surface area (Å²) in [5.74, 6) is 0.167. The lowest BCUT2D eigenvalue weighted by molar-refractivity contribution is -0.379. The summed E-state index contributed by atoms with van der Waals surface area (Å²) in [5, 5.41) is 7.01. The van der Waals surface area contributed by atoms with Crippen molar-refractivity contribution < 1.29 is 29.1 Å². The van der Waals surface area contributed by atoms with E-state index in [1.54, 1.807) is 0 Å². The molecule has 0 heterocycles. The molecule has 0 saturated carbocycles. The maximum atomic E-state index is 9.44. The van der Waals surface area contributed by atoms with Crippen LogP contribution in [0.5, 0.6) is 0 Å². The van der Waals surface area contributed by atoms with Gasteiger partial charge in [0.25, 0.3) is 0 Å². The third-order valence-corrected chi connectivity index (χ3v) is 0.300. The molecule has 10 heavy (non-hydrogen) atoms. The van der Waals surface area contributed by atoms with Crippen LogP contribution in [0.3, 0.4) is 0 Å². The fourth-order valence-electron chi connectivity index (χ4n) is 0. The highest BCUT2D eigenvalue weighted by Crippen LogP contribution is 2.20. The summed E-state index contributed by atoms with van der Waals surface area (Å²) in [4.78, 5) is 27.4. The summed E-state index contributed by atoms with van der Waals surface area (Å²) in [6.07, 6.45) is 0. The number of hydrogen-bond donors (Lipinski definition) is 1. The Labute approximate surface area is 57.6 Å². The fraction of sp³-hybridized carbons (Fsp3) is 0.667. The Morgan fingerprint density at radius 2 is 1.60 bits per heavy atom. The molecule has 0 atom stereocenters. The Morgan fingerprint density at radius 1 is 1.50 bits per heavy atom. The zero-order chi connectivity index (χ0) is 8.78. The summed E-state index contributed by atoms with van der Waals surface area (Å²) >= 11 is 0. The Morgan fingerprint density at radius 3 is 1.60 bits per heavy atom. The summed E-state index contributed by atoms with van der Waals surface area (Å²) in [7, 11) is -5.09. The monoisotopic (exact) mass is 170 g/mol. The quantitative estimate of drug-likeness (QED) is 0.304. The van der Waals surface area contributed by atoms with E-state index in [0.29, 0.717) is 0 Å². The summed E-state index contributed by atoms with van der Waals surface area (Å²) < 4.78 is 11.4. The molecule has 0 fully saturated rings. The largest absolute Gasteiger partial charge is 0.788 e. The minimum Gasteiger partial charge on any atom is -0.788 e. The van der Waals surface area contributed by atoms with Gasteiger partial charge in [0.1, 0.15) is 5.78 Å². The van der Waals surface area contributed by atoms with Crippen molar-refractivity contribution in [1.29, 1.82) is 0 Å². The molecule has 0 aromatic carbocycles. The topological polar surface area (TPSA) is 110 Å². The lowest BCUT2D eigenvalue weighted by atomic mass is 10.6. The van der Waals surface area contributed by atoms with Gasteiger partial charge < -0.3 is 19.1 Å². The average Bonchev–Trinajstić information content (AvgIpc) is 1.63. The molecule has 0 aliphatic rings. The number of Topliss-reactive ketones (excluding diaryl/α,β-unsaturated/α-hetero) is 1. The second kappa shape index (κ2) is 5.52. The van der Waals surface area contributed by atoms with E-state index >= 15 is 0 Å². The predicted octanol–water partition coefficient (Wildman–Crippen LogP) is -1.10. The van der Waals surface area contributed by atoms with Gasteiger partial charge in [0.15, 0.2) is 0 Å². The molecule has 0 aliphatic heterocycles. The highest BCUT2D eigenvalue weighted by molar-refractivity contribution is 7.43. The van der Waals surface area contributed by atoms with Gasteiger partial charge in [0.05, 0.1) is 7.82 Å². The Balaban J connectivity index is 0. The van der Waals surface area contributed by atoms with Crippen molar-refractivity contribution in [3.8, 4) is 0 Å². The molecule has 0 saturated heterocycles. The minimum atomic E-state index is -5.09. The van der Waals surface area contributed by atoms with Crippen molar-refractivity contribution in [3.63, 3.8) is 0 Å². The number of hydrogen-bond acceptors (Lipinski definition) is 6. The molecule has 0 radical (unpaired) electrons. The van der Waals surface area contributed by atoms with Crippen LogP contribution < -0.4 is 9.79 Å². The molecule has 1 N–H and O–H groups in total. The summed E-state index contributed by atoms with van der Waals surface area (Å²) in [6, 6.07) is 0. The number of phosphoric acid groups is 1. The van der Waals surface area contributed by atoms with Gasteiger partial charge in [-0.3, -0.25) is 0 Å². The lowest BCUT2D eigenvalue weighted by Gasteiger charge is -2.22. The van der Waals surface area contributed by atoms with Gasteiger partial charge in [0.2, 0.25) is 0 Å². The van der Waals surface area contributed by atoms with Crippen molar-refractivity contribution in [2.45, 2.75) is 13.8 Å². The van der Waals surface area contributed by atoms with E-state index in [4.69, 9.17) is 19.6 Å². The van der Waals surface area contributed by atoms with Gasteiger partial charge in [0, 0.05) is 0 Å². The Hall–Kier alpha value is -0.260. The molecule has 0 aliphatic carbocycles. The van der Waals surface area contributed by atoms with Crippen LogP contribution in [0.25, 0.3) is 0 Å². The third-order valence-electron chi connectivity index (χ3n) is 0.100. The Kier molecular flexibility index (Phi) is 6.85. The van der Waals surface area contributed by atoms with Crippen molar-refractivity contribution in [1.82, 2.24) is 0 Å². The second-order valence-corrected chi connectivity index (χ2v) is 2.49. The van der Waals surface area contributed by atoms with Crippen LogP contribution in [0, 0.1) is 0 Å². The molecule has 0 aromatic heterocycles. The first-order chi connectivity index (χ1) is 4.29. The number of carbonyl (C=O) groups is 1. The van der Waals surface area contributed by atoms with Crippen LogP contribution in [0.4, 0.5) is 0 Å². The van der Waals surface area contributed by atoms with Crippen LogP contribution >= 0.6 is 7.82 Å². The minimum absolute atomic E-state index is 0.167. The smallest absolute Gasteiger partial charge is 0.126 e. The van der Waals surface area contributed by atoms with E-state index in [-0.39, 0.29) is 5.78 Å². The molecular weight excluding hydrogens is 163 g/mol. The highest BCUT2D eigenvalue weighted by Gasteiger charge is 1.78. The van der Waals surface area contributed by atoms with Gasteiger partial charge in [-0.25, -0.2) is 9.93 Å². The van der Waals surface area contributed by atoms with E-state index < -0.39 is 7.82 Å². The van der Waals surface area contributed by atoms with E-state index in [0.717, 1.165) is 0 Å². The summed E-state index contributed by atoms with van der Waals surface area (Å²) in [5.41, 5.74) is 0. The molecule has 6 nitrogen and oxygen atoms in total. The SMILES string of the molecule is CC(C)=O.O=P([O-])([O-])OO. The van der Waals surface area contributed by atoms with Crippen molar-refractivity contribution in [2.75, 3.05) is 0 Å². The maximum absolute atomic E-state index is 9.44. The molecule has 0 bridgehead atoms. The van der Waals surface area contributed by atoms with E-state index in [1.807, 2.05) is 0 Å². The van der Waals surface area contributed by atoms with E-state index in [1.165, 1.54) is 13.8 Å². The number of ketones is 1. The molecule has 0 spiro atoms. The first-order valence-corrected chi connectivity index (χ1v) is 3.58. The van der Waals surface area contributed by atoms with Gasteiger partial charge in [-0.2, -0.15) is 0 Å². The molecule has 0 aromatic rings. The van der Waals surface area contributed by atoms with E-state index in [9.17, 15) is 4.79 Å². The van der Waals surface area contributed by atoms with Crippen molar-refractivity contribution in [3.05, 3.63) is 0 Å². The standard InChI is InChI=1S/C3H6O.H3O5P/c1-3(2)4;1-5-6(2,3)4/h1-2H3;1H,(H2,2,3,4)/p-2. The fourth-order valence-corrected chi connectivity index (χ4v) is 0. The van der Waals surface area contributed by atoms with Crippen LogP contribution in [0.15, 0.2) is 0 Å². The van der Waals surface area contributed by atoms with Crippen LogP contribution in [-0.2, 0) is 14.0 Å². The molecule has 7 heteroatoms. The number of carbonyl (C=O) groups excluding carboxylic acids is 1. The van der Waals surface area contributed by atoms with E-state index in [2.05, 4.69) is 4.67 Å². The molecular formula is C3H7O6P-2. The van der Waals surface area contributed by atoms with Gasteiger partial charge in [-0.1, -0.05) is 0 Å². The highest BCUT2D eigenvalue weighted by atomic mass is 31.2. The normalized spacial score (nSPS) is 9.70. The van der Waals surface area contributed by atoms with Crippen LogP contribution in [0.1, 0.15) is 13.8 Å². The van der Waals surface area contributed by atoms with Crippen LogP contribution in [0.2, 0.25) is 0 Å². The van der Waals surface area contributed by atoms with Crippen LogP contribution in [-0.4, -0.2) is 11.0 Å². The molecule has 0 amide bonds. The van der Waals surface area contributed by atoms with Crippen molar-refractivity contribution in [2.24, 2.45) is 0 Å².